The number of rotatable bonds is 19. The van der Waals surface area contributed by atoms with Gasteiger partial charge in [-0.25, -0.2) is 0 Å². The Bertz CT molecular complexity index is 421. The second-order valence-corrected chi connectivity index (χ2v) is 9.10. The van der Waals surface area contributed by atoms with Crippen LogP contribution in [0.15, 0.2) is 12.2 Å². The van der Waals surface area contributed by atoms with Gasteiger partial charge in [0, 0.05) is 6.54 Å². The molecule has 0 heterocycles. The van der Waals surface area contributed by atoms with Crippen LogP contribution in [-0.2, 0) is 10.1 Å². The second-order valence-electron chi connectivity index (χ2n) is 7.53. The van der Waals surface area contributed by atoms with Crippen LogP contribution in [0.3, 0.4) is 0 Å². The topological polar surface area (TPSA) is 57.6 Å². The summed E-state index contributed by atoms with van der Waals surface area (Å²) in [5.74, 6) is -0.171. The molecule has 5 heteroatoms. The van der Waals surface area contributed by atoms with E-state index in [-0.39, 0.29) is 5.75 Å². The highest BCUT2D eigenvalue weighted by Gasteiger charge is 2.06. The third-order valence-electron chi connectivity index (χ3n) is 4.78. The normalized spacial score (nSPS) is 12.5. The van der Waals surface area contributed by atoms with E-state index in [1.54, 1.807) is 0 Å². The Hall–Kier alpha value is -0.390. The van der Waals surface area contributed by atoms with Crippen LogP contribution in [0.1, 0.15) is 96.8 Å². The number of hydrogen-bond donors (Lipinski definition) is 1. The van der Waals surface area contributed by atoms with Crippen molar-refractivity contribution in [2.24, 2.45) is 0 Å². The Morgan fingerprint density at radius 2 is 1.19 bits per heavy atom. The van der Waals surface area contributed by atoms with Gasteiger partial charge in [0.15, 0.2) is 0 Å². The van der Waals surface area contributed by atoms with Crippen molar-refractivity contribution in [2.45, 2.75) is 96.8 Å². The van der Waals surface area contributed by atoms with E-state index < -0.39 is 10.1 Å². The smallest absolute Gasteiger partial charge is 0.266 e. The molecule has 4 nitrogen and oxygen atoms in total. The van der Waals surface area contributed by atoms with Gasteiger partial charge in [-0.05, 0) is 45.7 Å². The average Bonchev–Trinajstić information content (AvgIpc) is 2.59. The maximum absolute atomic E-state index is 10.7. The summed E-state index contributed by atoms with van der Waals surface area (Å²) < 4.78 is 30.1. The predicted molar refractivity (Wildman–Crippen MR) is 113 cm³/mol. The molecule has 0 radical (unpaired) electrons. The summed E-state index contributed by atoms with van der Waals surface area (Å²) in [7, 11) is -1.92. The Labute approximate surface area is 163 Å². The predicted octanol–water partition coefficient (Wildman–Crippen LogP) is 5.84. The van der Waals surface area contributed by atoms with Gasteiger partial charge in [0.2, 0.25) is 0 Å². The molecular formula is C21H43NO3S. The average molecular weight is 390 g/mol. The van der Waals surface area contributed by atoms with Gasteiger partial charge < -0.3 is 4.90 Å². The fourth-order valence-corrected chi connectivity index (χ4v) is 3.55. The highest BCUT2D eigenvalue weighted by atomic mass is 32.2. The van der Waals surface area contributed by atoms with Crippen LogP contribution >= 0.6 is 0 Å². The van der Waals surface area contributed by atoms with E-state index in [0.29, 0.717) is 6.54 Å². The molecule has 0 saturated heterocycles. The van der Waals surface area contributed by atoms with Gasteiger partial charge in [0.1, 0.15) is 0 Å². The van der Waals surface area contributed by atoms with Crippen LogP contribution in [0.2, 0.25) is 0 Å². The first-order valence-corrected chi connectivity index (χ1v) is 12.4. The summed E-state index contributed by atoms with van der Waals surface area (Å²) in [6, 6.07) is 0. The highest BCUT2D eigenvalue weighted by Crippen LogP contribution is 2.10. The van der Waals surface area contributed by atoms with Crippen LogP contribution in [-0.4, -0.2) is 43.8 Å². The molecule has 156 valence electrons. The second kappa shape index (κ2) is 18.0. The van der Waals surface area contributed by atoms with E-state index >= 15 is 0 Å². The maximum Gasteiger partial charge on any atom is 0.266 e. The minimum atomic E-state index is -3.83. The van der Waals surface area contributed by atoms with Crippen molar-refractivity contribution in [2.75, 3.05) is 25.9 Å². The van der Waals surface area contributed by atoms with Gasteiger partial charge in [0.05, 0.1) is 5.75 Å². The monoisotopic (exact) mass is 389 g/mol. The number of nitrogens with zero attached hydrogens (tertiary/aromatic N) is 1. The van der Waals surface area contributed by atoms with Crippen molar-refractivity contribution < 1.29 is 13.0 Å². The van der Waals surface area contributed by atoms with Crippen LogP contribution in [0, 0.1) is 0 Å². The first-order valence-electron chi connectivity index (χ1n) is 10.7. The molecule has 0 atom stereocenters. The van der Waals surface area contributed by atoms with Crippen molar-refractivity contribution in [3.05, 3.63) is 12.2 Å². The van der Waals surface area contributed by atoms with Crippen molar-refractivity contribution in [3.8, 4) is 0 Å². The first kappa shape index (κ1) is 25.6. The molecule has 0 spiro atoms. The molecule has 26 heavy (non-hydrogen) atoms. The molecule has 0 fully saturated rings. The summed E-state index contributed by atoms with van der Waals surface area (Å²) in [5, 5.41) is 0. The molecular weight excluding hydrogens is 346 g/mol. The van der Waals surface area contributed by atoms with Gasteiger partial charge in [-0.1, -0.05) is 76.9 Å². The van der Waals surface area contributed by atoms with Gasteiger partial charge in [-0.2, -0.15) is 8.42 Å². The molecule has 0 aromatic heterocycles. The Morgan fingerprint density at radius 1 is 0.731 bits per heavy atom. The van der Waals surface area contributed by atoms with Gasteiger partial charge in [0.25, 0.3) is 10.1 Å². The van der Waals surface area contributed by atoms with E-state index in [1.807, 2.05) is 11.9 Å². The van der Waals surface area contributed by atoms with Crippen molar-refractivity contribution >= 4 is 10.1 Å². The summed E-state index contributed by atoms with van der Waals surface area (Å²) in [5.41, 5.74) is 0. The number of unbranched alkanes of at least 4 members (excludes halogenated alkanes) is 12. The zero-order valence-corrected chi connectivity index (χ0v) is 18.1. The van der Waals surface area contributed by atoms with E-state index in [1.165, 1.54) is 83.5 Å². The zero-order chi connectivity index (χ0) is 19.5. The lowest BCUT2D eigenvalue weighted by Crippen LogP contribution is -2.26. The molecule has 0 aromatic rings. The largest absolute Gasteiger partial charge is 0.305 e. The Morgan fingerprint density at radius 3 is 1.69 bits per heavy atom. The number of hydrogen-bond acceptors (Lipinski definition) is 3. The Kier molecular flexibility index (Phi) is 17.7. The van der Waals surface area contributed by atoms with Crippen molar-refractivity contribution in [3.63, 3.8) is 0 Å². The summed E-state index contributed by atoms with van der Waals surface area (Å²) >= 11 is 0. The maximum atomic E-state index is 10.7. The van der Waals surface area contributed by atoms with Crippen LogP contribution in [0.25, 0.3) is 0 Å². The third-order valence-corrected chi connectivity index (χ3v) is 5.48. The summed E-state index contributed by atoms with van der Waals surface area (Å²) in [4.78, 5) is 1.97. The molecule has 0 aliphatic heterocycles. The molecule has 0 aromatic carbocycles. The van der Waals surface area contributed by atoms with Crippen molar-refractivity contribution in [1.82, 2.24) is 4.90 Å². The quantitative estimate of drug-likeness (QED) is 0.171. The third kappa shape index (κ3) is 21.7. The lowest BCUT2D eigenvalue weighted by molar-refractivity contribution is 0.337. The lowest BCUT2D eigenvalue weighted by atomic mass is 10.1. The van der Waals surface area contributed by atoms with Crippen LogP contribution in [0.4, 0.5) is 0 Å². The van der Waals surface area contributed by atoms with E-state index in [4.69, 9.17) is 4.55 Å². The fourth-order valence-electron chi connectivity index (χ4n) is 3.01. The molecule has 0 unspecified atom stereocenters. The van der Waals surface area contributed by atoms with E-state index in [0.717, 1.165) is 13.0 Å². The minimum Gasteiger partial charge on any atom is -0.305 e. The molecule has 0 rings (SSSR count). The Balaban J connectivity index is 3.25. The molecule has 0 saturated carbocycles. The SMILES string of the molecule is CCCCCCCC/C=C/CCCCCCCCN(C)CCS(=O)(=O)O. The van der Waals surface area contributed by atoms with E-state index in [9.17, 15) is 8.42 Å². The van der Waals surface area contributed by atoms with E-state index in [2.05, 4.69) is 19.1 Å². The molecule has 1 N–H and O–H groups in total. The minimum absolute atomic E-state index is 0.171. The summed E-state index contributed by atoms with van der Waals surface area (Å²) in [6.45, 7) is 3.57. The van der Waals surface area contributed by atoms with Crippen LogP contribution in [0.5, 0.6) is 0 Å². The lowest BCUT2D eigenvalue weighted by Gasteiger charge is -2.15. The fraction of sp³-hybridized carbons (Fsp3) is 0.905. The molecule has 0 amide bonds. The molecule has 0 aliphatic rings. The van der Waals surface area contributed by atoms with Gasteiger partial charge in [-0.3, -0.25) is 4.55 Å². The standard InChI is InChI=1S/C21H43NO3S/c1-3-4-5-6-7-8-9-10-11-12-13-14-15-16-17-18-19-22(2)20-21-26(23,24)25/h10-11H,3-9,12-21H2,1-2H3,(H,23,24,25)/b11-10+. The van der Waals surface area contributed by atoms with Gasteiger partial charge in [-0.15, -0.1) is 0 Å². The first-order chi connectivity index (χ1) is 12.5. The van der Waals surface area contributed by atoms with Crippen molar-refractivity contribution in [1.29, 1.82) is 0 Å². The number of allylic oxidation sites excluding steroid dienone is 2. The summed E-state index contributed by atoms with van der Waals surface area (Å²) in [6.07, 6.45) is 22.9. The highest BCUT2D eigenvalue weighted by molar-refractivity contribution is 7.85. The molecule has 0 aliphatic carbocycles. The molecule has 0 bridgehead atoms. The zero-order valence-electron chi connectivity index (χ0n) is 17.3. The van der Waals surface area contributed by atoms with Crippen LogP contribution < -0.4 is 0 Å². The van der Waals surface area contributed by atoms with Gasteiger partial charge >= 0.3 is 0 Å².